The van der Waals surface area contributed by atoms with E-state index < -0.39 is 17.2 Å². The molecule has 4 nitrogen and oxygen atoms in total. The van der Waals surface area contributed by atoms with Crippen LogP contribution in [0.4, 0.5) is 8.78 Å². The summed E-state index contributed by atoms with van der Waals surface area (Å²) < 4.78 is 28.8. The molecule has 0 atom stereocenters. The van der Waals surface area contributed by atoms with Crippen LogP contribution in [0.3, 0.4) is 0 Å². The summed E-state index contributed by atoms with van der Waals surface area (Å²) in [6, 6.07) is 9.83. The molecule has 3 aromatic rings. The number of amides is 1. The molecule has 0 saturated carbocycles. The Morgan fingerprint density at radius 1 is 1.04 bits per heavy atom. The van der Waals surface area contributed by atoms with Gasteiger partial charge in [-0.2, -0.15) is 0 Å². The molecule has 4 rings (SSSR count). The summed E-state index contributed by atoms with van der Waals surface area (Å²) in [5.74, 6) is -1.20. The fraction of sp³-hybridized carbons (Fsp3) is 0.273. The van der Waals surface area contributed by atoms with Crippen molar-refractivity contribution in [2.45, 2.75) is 19.8 Å². The molecule has 2 aromatic carbocycles. The van der Waals surface area contributed by atoms with E-state index in [9.17, 15) is 18.4 Å². The second-order valence-corrected chi connectivity index (χ2v) is 7.33. The minimum absolute atomic E-state index is 0.0848. The average Bonchev–Trinajstić information content (AvgIpc) is 2.69. The zero-order chi connectivity index (χ0) is 19.8. The van der Waals surface area contributed by atoms with Gasteiger partial charge in [0.2, 0.25) is 0 Å². The van der Waals surface area contributed by atoms with Crippen molar-refractivity contribution in [3.8, 4) is 5.69 Å². The molecular weight excluding hydrogens is 362 g/mol. The van der Waals surface area contributed by atoms with Gasteiger partial charge in [0.15, 0.2) is 0 Å². The van der Waals surface area contributed by atoms with Crippen LogP contribution >= 0.6 is 0 Å². The lowest BCUT2D eigenvalue weighted by Gasteiger charge is -2.30. The third-order valence-electron chi connectivity index (χ3n) is 5.40. The van der Waals surface area contributed by atoms with Gasteiger partial charge in [-0.1, -0.05) is 25.1 Å². The molecule has 0 aliphatic carbocycles. The largest absolute Gasteiger partial charge is 0.339 e. The predicted octanol–water partition coefficient (Wildman–Crippen LogP) is 4.14. The fourth-order valence-electron chi connectivity index (χ4n) is 3.70. The molecule has 6 heteroatoms. The van der Waals surface area contributed by atoms with E-state index in [4.69, 9.17) is 0 Å². The zero-order valence-electron chi connectivity index (χ0n) is 15.5. The van der Waals surface area contributed by atoms with E-state index in [1.807, 2.05) is 0 Å². The predicted molar refractivity (Wildman–Crippen MR) is 104 cm³/mol. The third kappa shape index (κ3) is 3.19. The van der Waals surface area contributed by atoms with Crippen LogP contribution in [-0.4, -0.2) is 28.5 Å². The minimum atomic E-state index is -0.859. The summed E-state index contributed by atoms with van der Waals surface area (Å²) in [6.45, 7) is 3.46. The molecular formula is C22H20F2N2O2. The van der Waals surface area contributed by atoms with Gasteiger partial charge in [0.05, 0.1) is 11.3 Å². The maximum Gasteiger partial charge on any atom is 0.263 e. The van der Waals surface area contributed by atoms with E-state index in [2.05, 4.69) is 6.92 Å². The Kier molecular flexibility index (Phi) is 4.71. The quantitative estimate of drug-likeness (QED) is 0.669. The number of benzene rings is 2. The van der Waals surface area contributed by atoms with Crippen molar-refractivity contribution in [1.29, 1.82) is 0 Å². The van der Waals surface area contributed by atoms with Gasteiger partial charge < -0.3 is 4.90 Å². The van der Waals surface area contributed by atoms with Crippen LogP contribution in [-0.2, 0) is 0 Å². The Morgan fingerprint density at radius 3 is 2.39 bits per heavy atom. The standard InChI is InChI=1S/C22H20F2N2O2/c1-14-8-10-25(11-9-14)21(27)18-13-26(20-7-6-15(23)12-19(20)24)22(28)17-5-3-2-4-16(17)18/h2-7,12-14H,8-11H2,1H3. The van der Waals surface area contributed by atoms with E-state index in [0.717, 1.165) is 29.5 Å². The monoisotopic (exact) mass is 382 g/mol. The lowest BCUT2D eigenvalue weighted by atomic mass is 9.98. The molecule has 0 N–H and O–H groups in total. The average molecular weight is 382 g/mol. The van der Waals surface area contributed by atoms with Crippen molar-refractivity contribution < 1.29 is 13.6 Å². The highest BCUT2D eigenvalue weighted by Gasteiger charge is 2.24. The number of nitrogens with zero attached hydrogens (tertiary/aromatic N) is 2. The molecule has 1 saturated heterocycles. The molecule has 0 bridgehead atoms. The van der Waals surface area contributed by atoms with Crippen LogP contribution < -0.4 is 5.56 Å². The van der Waals surface area contributed by atoms with E-state index in [1.165, 1.54) is 12.3 Å². The molecule has 1 fully saturated rings. The van der Waals surface area contributed by atoms with E-state index in [0.29, 0.717) is 35.3 Å². The minimum Gasteiger partial charge on any atom is -0.339 e. The first-order chi connectivity index (χ1) is 13.5. The van der Waals surface area contributed by atoms with E-state index in [1.54, 1.807) is 29.2 Å². The lowest BCUT2D eigenvalue weighted by molar-refractivity contribution is 0.0698. The van der Waals surface area contributed by atoms with E-state index >= 15 is 0 Å². The number of piperidine rings is 1. The second-order valence-electron chi connectivity index (χ2n) is 7.33. The van der Waals surface area contributed by atoms with Gasteiger partial charge in [-0.3, -0.25) is 14.2 Å². The van der Waals surface area contributed by atoms with Gasteiger partial charge in [-0.25, -0.2) is 8.78 Å². The molecule has 28 heavy (non-hydrogen) atoms. The molecule has 2 heterocycles. The topological polar surface area (TPSA) is 42.3 Å². The van der Waals surface area contributed by atoms with Crippen LogP contribution in [0.25, 0.3) is 16.5 Å². The normalized spacial score (nSPS) is 15.2. The van der Waals surface area contributed by atoms with Gasteiger partial charge >= 0.3 is 0 Å². The van der Waals surface area contributed by atoms with Crippen molar-refractivity contribution >= 4 is 16.7 Å². The first-order valence-electron chi connectivity index (χ1n) is 9.35. The highest BCUT2D eigenvalue weighted by atomic mass is 19.1. The summed E-state index contributed by atoms with van der Waals surface area (Å²) in [5.41, 5.74) is -0.197. The Labute approximate surface area is 161 Å². The van der Waals surface area contributed by atoms with Crippen molar-refractivity contribution in [2.75, 3.05) is 13.1 Å². The van der Waals surface area contributed by atoms with Crippen molar-refractivity contribution in [3.63, 3.8) is 0 Å². The zero-order valence-corrected chi connectivity index (χ0v) is 15.5. The fourth-order valence-corrected chi connectivity index (χ4v) is 3.70. The molecule has 1 aliphatic heterocycles. The number of hydrogen-bond donors (Lipinski definition) is 0. The second kappa shape index (κ2) is 7.19. The maximum absolute atomic E-state index is 14.4. The number of carbonyl (C=O) groups is 1. The number of fused-ring (bicyclic) bond motifs is 1. The molecule has 144 valence electrons. The van der Waals surface area contributed by atoms with Crippen LogP contribution in [0.2, 0.25) is 0 Å². The SMILES string of the molecule is CC1CCN(C(=O)c2cn(-c3ccc(F)cc3F)c(=O)c3ccccc23)CC1. The number of likely N-dealkylation sites (tertiary alicyclic amines) is 1. The molecule has 1 amide bonds. The van der Waals surface area contributed by atoms with Crippen molar-refractivity contribution in [1.82, 2.24) is 9.47 Å². The number of carbonyl (C=O) groups excluding carboxylic acids is 1. The number of hydrogen-bond acceptors (Lipinski definition) is 2. The first kappa shape index (κ1) is 18.3. The maximum atomic E-state index is 14.4. The molecule has 0 spiro atoms. The highest BCUT2D eigenvalue weighted by Crippen LogP contribution is 2.23. The highest BCUT2D eigenvalue weighted by molar-refractivity contribution is 6.06. The third-order valence-corrected chi connectivity index (χ3v) is 5.40. The van der Waals surface area contributed by atoms with Crippen LogP contribution in [0, 0.1) is 17.6 Å². The van der Waals surface area contributed by atoms with Crippen molar-refractivity contribution in [2.24, 2.45) is 5.92 Å². The Morgan fingerprint density at radius 2 is 1.71 bits per heavy atom. The summed E-state index contributed by atoms with van der Waals surface area (Å²) in [7, 11) is 0. The number of aromatic nitrogens is 1. The van der Waals surface area contributed by atoms with Crippen LogP contribution in [0.15, 0.2) is 53.5 Å². The number of rotatable bonds is 2. The van der Waals surface area contributed by atoms with E-state index in [-0.39, 0.29) is 11.6 Å². The summed E-state index contributed by atoms with van der Waals surface area (Å²) in [6.07, 6.45) is 3.23. The Bertz CT molecular complexity index is 1120. The summed E-state index contributed by atoms with van der Waals surface area (Å²) >= 11 is 0. The summed E-state index contributed by atoms with van der Waals surface area (Å²) in [5, 5.41) is 0.859. The smallest absolute Gasteiger partial charge is 0.263 e. The Hall–Kier alpha value is -3.02. The number of pyridine rings is 1. The lowest BCUT2D eigenvalue weighted by Crippen LogP contribution is -2.38. The Balaban J connectivity index is 1.90. The van der Waals surface area contributed by atoms with Gasteiger partial charge in [-0.05, 0) is 37.0 Å². The summed E-state index contributed by atoms with van der Waals surface area (Å²) in [4.78, 5) is 27.9. The van der Waals surface area contributed by atoms with Gasteiger partial charge in [0.25, 0.3) is 11.5 Å². The van der Waals surface area contributed by atoms with Gasteiger partial charge in [-0.15, -0.1) is 0 Å². The van der Waals surface area contributed by atoms with Gasteiger partial charge in [0.1, 0.15) is 11.6 Å². The molecule has 1 aliphatic rings. The molecule has 0 unspecified atom stereocenters. The van der Waals surface area contributed by atoms with Crippen molar-refractivity contribution in [3.05, 3.63) is 76.2 Å². The van der Waals surface area contributed by atoms with Gasteiger partial charge in [0, 0.05) is 36.1 Å². The molecule has 0 radical (unpaired) electrons. The number of halogens is 2. The first-order valence-corrected chi connectivity index (χ1v) is 9.35. The molecule has 1 aromatic heterocycles. The van der Waals surface area contributed by atoms with Crippen LogP contribution in [0.5, 0.6) is 0 Å². The van der Waals surface area contributed by atoms with Crippen LogP contribution in [0.1, 0.15) is 30.1 Å².